The van der Waals surface area contributed by atoms with Crippen molar-refractivity contribution in [3.63, 3.8) is 0 Å². The Kier molecular flexibility index (Phi) is 5.43. The summed E-state index contributed by atoms with van der Waals surface area (Å²) in [4.78, 5) is 22.5. The lowest BCUT2D eigenvalue weighted by Gasteiger charge is -2.16. The van der Waals surface area contributed by atoms with Crippen molar-refractivity contribution < 1.29 is 9.63 Å². The monoisotopic (exact) mass is 355 g/mol. The van der Waals surface area contributed by atoms with E-state index in [4.69, 9.17) is 10.7 Å². The third-order valence-corrected chi connectivity index (χ3v) is 5.19. The molecule has 0 radical (unpaired) electrons. The zero-order valence-corrected chi connectivity index (χ0v) is 15.1. The fourth-order valence-corrected chi connectivity index (χ4v) is 3.84. The predicted molar refractivity (Wildman–Crippen MR) is 100 cm³/mol. The third-order valence-electron chi connectivity index (χ3n) is 4.15. The lowest BCUT2D eigenvalue weighted by molar-refractivity contribution is 0.0983. The Balaban J connectivity index is 2.14. The Morgan fingerprint density at radius 1 is 1.24 bits per heavy atom. The highest BCUT2D eigenvalue weighted by Gasteiger charge is 2.16. The van der Waals surface area contributed by atoms with Gasteiger partial charge < -0.3 is 9.40 Å². The summed E-state index contributed by atoms with van der Waals surface area (Å²) in [6.07, 6.45) is 0.823. The minimum Gasteiger partial charge on any atom is -0.311 e. The van der Waals surface area contributed by atoms with E-state index in [-0.39, 0.29) is 11.9 Å². The number of carbonyl (C=O) groups excluding carboxylic acids is 1. The second-order valence-electron chi connectivity index (χ2n) is 5.90. The third kappa shape index (κ3) is 3.71. The van der Waals surface area contributed by atoms with E-state index in [1.165, 1.54) is 11.3 Å². The van der Waals surface area contributed by atoms with Gasteiger partial charge in [-0.2, -0.15) is 4.99 Å². The number of hydrogen-bond donors (Lipinski definition) is 1. The highest BCUT2D eigenvalue weighted by molar-refractivity contribution is 7.16. The van der Waals surface area contributed by atoms with Gasteiger partial charge in [-0.15, -0.1) is 0 Å². The minimum absolute atomic E-state index is 0.0192. The predicted octanol–water partition coefficient (Wildman–Crippen LogP) is 3.59. The van der Waals surface area contributed by atoms with E-state index in [2.05, 4.69) is 16.5 Å². The van der Waals surface area contributed by atoms with Crippen LogP contribution in [0, 0.1) is 6.92 Å². The summed E-state index contributed by atoms with van der Waals surface area (Å²) in [6, 6.07) is 15.5. The molecule has 130 valence electrons. The van der Waals surface area contributed by atoms with Gasteiger partial charge in [-0.3, -0.25) is 4.79 Å². The Labute approximate surface area is 150 Å². The van der Waals surface area contributed by atoms with Crippen molar-refractivity contribution in [2.24, 2.45) is 10.9 Å². The molecule has 1 atom stereocenters. The fraction of sp³-hybridized carbons (Fsp3) is 0.263. The largest absolute Gasteiger partial charge is 0.311 e. The van der Waals surface area contributed by atoms with E-state index in [0.717, 1.165) is 22.2 Å². The van der Waals surface area contributed by atoms with E-state index >= 15 is 0 Å². The number of hydrogen-bond acceptors (Lipinski definition) is 4. The van der Waals surface area contributed by atoms with E-state index < -0.39 is 0 Å². The molecule has 3 aromatic rings. The summed E-state index contributed by atoms with van der Waals surface area (Å²) < 4.78 is 3.13. The van der Waals surface area contributed by atoms with E-state index in [1.54, 1.807) is 12.1 Å². The molecule has 3 rings (SSSR count). The highest BCUT2D eigenvalue weighted by Crippen LogP contribution is 2.22. The fourth-order valence-electron chi connectivity index (χ4n) is 2.76. The molecule has 0 aliphatic heterocycles. The number of fused-ring (bicyclic) bond motifs is 1. The smallest absolute Gasteiger partial charge is 0.279 e. The molecule has 0 aliphatic rings. The quantitative estimate of drug-likeness (QED) is 0.711. The molecule has 1 amide bonds. The summed E-state index contributed by atoms with van der Waals surface area (Å²) >= 11 is 1.50. The van der Waals surface area contributed by atoms with Gasteiger partial charge in [-0.25, -0.2) is 5.90 Å². The Morgan fingerprint density at radius 3 is 2.64 bits per heavy atom. The van der Waals surface area contributed by atoms with Gasteiger partial charge in [0.25, 0.3) is 5.91 Å². The summed E-state index contributed by atoms with van der Waals surface area (Å²) in [5.74, 6) is 5.06. The first-order valence-corrected chi connectivity index (χ1v) is 9.03. The first-order chi connectivity index (χ1) is 12.1. The maximum Gasteiger partial charge on any atom is 0.279 e. The van der Waals surface area contributed by atoms with Gasteiger partial charge in [0.2, 0.25) is 0 Å². The SMILES string of the molecule is CCC(CON)n1c(=NC(=O)c2ccc(C)cc2)sc2ccccc21. The van der Waals surface area contributed by atoms with Crippen molar-refractivity contribution in [2.45, 2.75) is 26.3 Å². The number of amides is 1. The number of aryl methyl sites for hydroxylation is 1. The maximum atomic E-state index is 12.6. The van der Waals surface area contributed by atoms with Crippen LogP contribution in [0.1, 0.15) is 35.3 Å². The van der Waals surface area contributed by atoms with E-state index in [1.807, 2.05) is 43.3 Å². The number of benzene rings is 2. The topological polar surface area (TPSA) is 69.6 Å². The van der Waals surface area contributed by atoms with Crippen LogP contribution >= 0.6 is 11.3 Å². The average molecular weight is 355 g/mol. The van der Waals surface area contributed by atoms with E-state index in [0.29, 0.717) is 17.0 Å². The first kappa shape index (κ1) is 17.5. The van der Waals surface area contributed by atoms with Gasteiger partial charge in [0.05, 0.1) is 22.9 Å². The molecule has 0 aliphatic carbocycles. The standard InChI is InChI=1S/C19H21N3O2S/c1-3-15(12-24-20)22-16-6-4-5-7-17(16)25-19(22)21-18(23)14-10-8-13(2)9-11-14/h4-11,15H,3,12,20H2,1-2H3. The van der Waals surface area contributed by atoms with Gasteiger partial charge in [-0.05, 0) is 37.6 Å². The number of para-hydroxylation sites is 1. The van der Waals surface area contributed by atoms with Crippen LogP contribution in [0.15, 0.2) is 53.5 Å². The van der Waals surface area contributed by atoms with Gasteiger partial charge in [-0.1, -0.05) is 48.1 Å². The van der Waals surface area contributed by atoms with Crippen molar-refractivity contribution in [1.29, 1.82) is 0 Å². The minimum atomic E-state index is -0.246. The molecule has 2 N–H and O–H groups in total. The molecule has 1 unspecified atom stereocenters. The van der Waals surface area contributed by atoms with Crippen LogP contribution in [-0.2, 0) is 4.84 Å². The molecular formula is C19H21N3O2S. The molecule has 2 aromatic carbocycles. The molecule has 25 heavy (non-hydrogen) atoms. The van der Waals surface area contributed by atoms with Crippen molar-refractivity contribution >= 4 is 27.5 Å². The molecule has 5 nitrogen and oxygen atoms in total. The van der Waals surface area contributed by atoms with Crippen molar-refractivity contribution in [1.82, 2.24) is 4.57 Å². The van der Waals surface area contributed by atoms with Crippen LogP contribution in [0.4, 0.5) is 0 Å². The lowest BCUT2D eigenvalue weighted by Crippen LogP contribution is -2.26. The normalized spacial score (nSPS) is 13.3. The number of rotatable bonds is 5. The Bertz CT molecular complexity index is 941. The van der Waals surface area contributed by atoms with Gasteiger partial charge >= 0.3 is 0 Å². The average Bonchev–Trinajstić information content (AvgIpc) is 2.98. The van der Waals surface area contributed by atoms with Crippen molar-refractivity contribution in [2.75, 3.05) is 6.61 Å². The van der Waals surface area contributed by atoms with Gasteiger partial charge in [0, 0.05) is 5.56 Å². The highest BCUT2D eigenvalue weighted by atomic mass is 32.1. The second kappa shape index (κ2) is 7.74. The van der Waals surface area contributed by atoms with Crippen LogP contribution < -0.4 is 10.7 Å². The number of carbonyl (C=O) groups is 1. The zero-order valence-electron chi connectivity index (χ0n) is 14.3. The number of nitrogens with two attached hydrogens (primary N) is 1. The molecule has 1 heterocycles. The number of nitrogens with zero attached hydrogens (tertiary/aromatic N) is 2. The summed E-state index contributed by atoms with van der Waals surface area (Å²) in [5.41, 5.74) is 2.73. The van der Waals surface area contributed by atoms with E-state index in [9.17, 15) is 4.79 Å². The van der Waals surface area contributed by atoms with Crippen molar-refractivity contribution in [3.8, 4) is 0 Å². The molecule has 0 bridgehead atoms. The van der Waals surface area contributed by atoms with Crippen LogP contribution in [0.5, 0.6) is 0 Å². The Hall–Kier alpha value is -2.28. The molecular weight excluding hydrogens is 334 g/mol. The zero-order chi connectivity index (χ0) is 17.8. The lowest BCUT2D eigenvalue weighted by atomic mass is 10.1. The number of aromatic nitrogens is 1. The molecule has 6 heteroatoms. The van der Waals surface area contributed by atoms with Crippen molar-refractivity contribution in [3.05, 3.63) is 64.5 Å². The summed E-state index contributed by atoms with van der Waals surface area (Å²) in [5, 5.41) is 0. The molecule has 0 saturated carbocycles. The van der Waals surface area contributed by atoms with Gasteiger partial charge in [0.1, 0.15) is 0 Å². The maximum absolute atomic E-state index is 12.6. The van der Waals surface area contributed by atoms with Gasteiger partial charge in [0.15, 0.2) is 4.80 Å². The molecule has 0 fully saturated rings. The Morgan fingerprint density at radius 2 is 1.96 bits per heavy atom. The molecule has 1 aromatic heterocycles. The molecule has 0 saturated heterocycles. The van der Waals surface area contributed by atoms with Crippen LogP contribution in [-0.4, -0.2) is 17.1 Å². The molecule has 0 spiro atoms. The van der Waals surface area contributed by atoms with Crippen LogP contribution in [0.3, 0.4) is 0 Å². The second-order valence-corrected chi connectivity index (χ2v) is 6.91. The summed E-state index contributed by atoms with van der Waals surface area (Å²) in [6.45, 7) is 4.42. The summed E-state index contributed by atoms with van der Waals surface area (Å²) in [7, 11) is 0. The number of thiazole rings is 1. The van der Waals surface area contributed by atoms with Crippen LogP contribution in [0.2, 0.25) is 0 Å². The van der Waals surface area contributed by atoms with Crippen LogP contribution in [0.25, 0.3) is 10.2 Å². The first-order valence-electron chi connectivity index (χ1n) is 8.21.